The molecule has 0 aromatic carbocycles. The zero-order chi connectivity index (χ0) is 17.0. The summed E-state index contributed by atoms with van der Waals surface area (Å²) in [7, 11) is 0. The molecule has 1 unspecified atom stereocenters. The number of piperidine rings is 1. The number of aliphatic hydroxyl groups is 1. The summed E-state index contributed by atoms with van der Waals surface area (Å²) < 4.78 is 6.49. The second-order valence-corrected chi connectivity index (χ2v) is 10.6. The van der Waals surface area contributed by atoms with Crippen LogP contribution >= 0.6 is 12.4 Å². The van der Waals surface area contributed by atoms with Gasteiger partial charge in [0.05, 0.1) is 12.7 Å². The predicted octanol–water partition coefficient (Wildman–Crippen LogP) is 4.00. The van der Waals surface area contributed by atoms with Gasteiger partial charge in [0.25, 0.3) is 0 Å². The van der Waals surface area contributed by atoms with Crippen molar-refractivity contribution in [2.45, 2.75) is 70.6 Å². The van der Waals surface area contributed by atoms with E-state index in [4.69, 9.17) is 4.74 Å². The Kier molecular flexibility index (Phi) is 3.80. The summed E-state index contributed by atoms with van der Waals surface area (Å²) >= 11 is 0. The van der Waals surface area contributed by atoms with Crippen LogP contribution in [0.2, 0.25) is 0 Å². The maximum atomic E-state index is 11.3. The highest BCUT2D eigenvalue weighted by molar-refractivity contribution is 5.85. The third-order valence-corrected chi connectivity index (χ3v) is 10.00. The highest BCUT2D eigenvalue weighted by atomic mass is 35.5. The van der Waals surface area contributed by atoms with Gasteiger partial charge >= 0.3 is 0 Å². The molecule has 4 heteroatoms. The van der Waals surface area contributed by atoms with E-state index in [1.54, 1.807) is 0 Å². The minimum absolute atomic E-state index is 0. The molecule has 2 aliphatic heterocycles. The van der Waals surface area contributed by atoms with Gasteiger partial charge in [-0.1, -0.05) is 19.9 Å². The highest BCUT2D eigenvalue weighted by Gasteiger charge is 2.73. The molecule has 1 spiro atoms. The normalized spacial score (nSPS) is 57.8. The van der Waals surface area contributed by atoms with Crippen LogP contribution in [0.3, 0.4) is 0 Å². The molecule has 5 saturated carbocycles. The Morgan fingerprint density at radius 2 is 1.96 bits per heavy atom. The Morgan fingerprint density at radius 1 is 1.15 bits per heavy atom. The van der Waals surface area contributed by atoms with Crippen LogP contribution in [-0.2, 0) is 4.74 Å². The monoisotopic (exact) mass is 379 g/mol. The number of hydrogen-bond acceptors (Lipinski definition) is 3. The van der Waals surface area contributed by atoms with Gasteiger partial charge in [0.15, 0.2) is 0 Å². The second kappa shape index (κ2) is 5.49. The molecule has 0 radical (unpaired) electrons. The Labute approximate surface area is 163 Å². The summed E-state index contributed by atoms with van der Waals surface area (Å²) in [6, 6.07) is 0. The number of hydrogen-bond donors (Lipinski definition) is 1. The van der Waals surface area contributed by atoms with Crippen LogP contribution in [0.1, 0.15) is 58.3 Å². The van der Waals surface area contributed by atoms with Gasteiger partial charge < -0.3 is 9.84 Å². The van der Waals surface area contributed by atoms with Crippen LogP contribution in [0.4, 0.5) is 0 Å². The van der Waals surface area contributed by atoms with E-state index in [0.717, 1.165) is 24.6 Å². The fourth-order valence-electron chi connectivity index (χ4n) is 9.23. The van der Waals surface area contributed by atoms with Crippen molar-refractivity contribution in [3.63, 3.8) is 0 Å². The maximum absolute atomic E-state index is 11.3. The quantitative estimate of drug-likeness (QED) is 0.646. The molecule has 0 amide bonds. The molecule has 4 bridgehead atoms. The van der Waals surface area contributed by atoms with Gasteiger partial charge in [-0.05, 0) is 73.7 Å². The van der Waals surface area contributed by atoms with Gasteiger partial charge in [0.2, 0.25) is 0 Å². The van der Waals surface area contributed by atoms with Crippen molar-refractivity contribution in [1.82, 2.24) is 4.90 Å². The second-order valence-electron chi connectivity index (χ2n) is 10.6. The maximum Gasteiger partial charge on any atom is 0.117 e. The molecule has 26 heavy (non-hydrogen) atoms. The van der Waals surface area contributed by atoms with Crippen molar-refractivity contribution in [1.29, 1.82) is 0 Å². The SMILES string of the molecule is C=C1[C@H]2CC[C@@]3(CC[C@@H]4[C@]5(C)CCC[C@@]4(C4OCCN4C5)[C@@H]3C2)[C@@H]1O.Cl. The van der Waals surface area contributed by atoms with Crippen LogP contribution < -0.4 is 0 Å². The smallest absolute Gasteiger partial charge is 0.117 e. The van der Waals surface area contributed by atoms with Gasteiger partial charge in [0, 0.05) is 23.9 Å². The Morgan fingerprint density at radius 3 is 2.81 bits per heavy atom. The van der Waals surface area contributed by atoms with E-state index in [-0.39, 0.29) is 23.9 Å². The fraction of sp³-hybridized carbons (Fsp3) is 0.909. The van der Waals surface area contributed by atoms with Gasteiger partial charge in [-0.3, -0.25) is 4.90 Å². The largest absolute Gasteiger partial charge is 0.388 e. The highest BCUT2D eigenvalue weighted by Crippen LogP contribution is 2.75. The molecule has 7 fully saturated rings. The molecule has 146 valence electrons. The topological polar surface area (TPSA) is 32.7 Å². The summed E-state index contributed by atoms with van der Waals surface area (Å²) in [5.41, 5.74) is 2.02. The van der Waals surface area contributed by atoms with Gasteiger partial charge in [0.1, 0.15) is 6.23 Å². The lowest BCUT2D eigenvalue weighted by atomic mass is 9.34. The lowest BCUT2D eigenvalue weighted by Crippen LogP contribution is -2.73. The van der Waals surface area contributed by atoms with Crippen molar-refractivity contribution >= 4 is 12.4 Å². The third-order valence-electron chi connectivity index (χ3n) is 10.00. The summed E-state index contributed by atoms with van der Waals surface area (Å²) in [4.78, 5) is 2.69. The summed E-state index contributed by atoms with van der Waals surface area (Å²) in [5.74, 6) is 1.99. The third kappa shape index (κ3) is 1.83. The zero-order valence-corrected chi connectivity index (χ0v) is 16.9. The minimum Gasteiger partial charge on any atom is -0.388 e. The Bertz CT molecular complexity index is 640. The number of fused-ring (bicyclic) bond motifs is 3. The van der Waals surface area contributed by atoms with Crippen LogP contribution in [0.25, 0.3) is 0 Å². The van der Waals surface area contributed by atoms with Crippen molar-refractivity contribution in [2.24, 2.45) is 34.0 Å². The molecule has 5 aliphatic carbocycles. The molecule has 0 aromatic heterocycles. The molecule has 2 saturated heterocycles. The molecule has 1 N–H and O–H groups in total. The first kappa shape index (κ1) is 18.0. The standard InChI is InChI=1S/C22H33NO2.ClH/c1-14-15-4-8-21(18(14)24)9-5-16-20(2)6-3-7-22(16,17(21)12-15)19-23(13-20)10-11-25-19;/h15-19,24H,1,3-13H2,2H3;1H/t15-,16+,17+,18+,19?,20+,21-,22-;/m0./s1. The van der Waals surface area contributed by atoms with Crippen molar-refractivity contribution in [3.8, 4) is 0 Å². The number of rotatable bonds is 0. The molecule has 2 heterocycles. The van der Waals surface area contributed by atoms with Crippen LogP contribution in [0, 0.1) is 34.0 Å². The minimum atomic E-state index is -0.259. The van der Waals surface area contributed by atoms with Crippen molar-refractivity contribution in [3.05, 3.63) is 12.2 Å². The van der Waals surface area contributed by atoms with Crippen molar-refractivity contribution < 1.29 is 9.84 Å². The van der Waals surface area contributed by atoms with E-state index in [1.807, 2.05) is 0 Å². The summed E-state index contributed by atoms with van der Waals surface area (Å²) in [5, 5.41) is 11.3. The van der Waals surface area contributed by atoms with Crippen LogP contribution in [0.5, 0.6) is 0 Å². The Balaban J connectivity index is 0.00000150. The lowest BCUT2D eigenvalue weighted by Gasteiger charge is -2.73. The van der Waals surface area contributed by atoms with E-state index >= 15 is 0 Å². The van der Waals surface area contributed by atoms with E-state index < -0.39 is 0 Å². The van der Waals surface area contributed by atoms with E-state index in [0.29, 0.717) is 28.9 Å². The number of ether oxygens (including phenoxy) is 1. The fourth-order valence-corrected chi connectivity index (χ4v) is 9.23. The van der Waals surface area contributed by atoms with Crippen molar-refractivity contribution in [2.75, 3.05) is 19.7 Å². The first-order valence-corrected chi connectivity index (χ1v) is 10.7. The van der Waals surface area contributed by atoms with E-state index in [2.05, 4.69) is 18.4 Å². The average molecular weight is 380 g/mol. The average Bonchev–Trinajstić information content (AvgIpc) is 3.06. The van der Waals surface area contributed by atoms with Crippen LogP contribution in [-0.4, -0.2) is 42.0 Å². The molecular weight excluding hydrogens is 346 g/mol. The predicted molar refractivity (Wildman–Crippen MR) is 104 cm³/mol. The molecule has 0 aromatic rings. The number of nitrogens with zero attached hydrogens (tertiary/aromatic N) is 1. The van der Waals surface area contributed by atoms with Gasteiger partial charge in [-0.2, -0.15) is 0 Å². The molecular formula is C22H34ClNO2. The Hall–Kier alpha value is -0.0900. The first-order chi connectivity index (χ1) is 12.0. The molecule has 7 rings (SSSR count). The van der Waals surface area contributed by atoms with Crippen LogP contribution in [0.15, 0.2) is 12.2 Å². The zero-order valence-electron chi connectivity index (χ0n) is 16.1. The number of halogens is 1. The van der Waals surface area contributed by atoms with Gasteiger partial charge in [-0.25, -0.2) is 0 Å². The van der Waals surface area contributed by atoms with Gasteiger partial charge in [-0.15, -0.1) is 12.4 Å². The lowest BCUT2D eigenvalue weighted by molar-refractivity contribution is -0.290. The van der Waals surface area contributed by atoms with E-state index in [9.17, 15) is 5.11 Å². The number of aliphatic hydroxyl groups excluding tert-OH is 1. The van der Waals surface area contributed by atoms with E-state index in [1.165, 1.54) is 57.9 Å². The molecule has 7 aliphatic rings. The molecule has 3 nitrogen and oxygen atoms in total. The first-order valence-electron chi connectivity index (χ1n) is 10.7. The summed E-state index contributed by atoms with van der Waals surface area (Å²) in [6.45, 7) is 10.2. The summed E-state index contributed by atoms with van der Waals surface area (Å²) in [6.07, 6.45) is 10.4. The molecule has 8 atom stereocenters.